The molecule has 37 heavy (non-hydrogen) atoms. The van der Waals surface area contributed by atoms with Crippen molar-refractivity contribution in [3.63, 3.8) is 0 Å². The van der Waals surface area contributed by atoms with Crippen LogP contribution >= 0.6 is 0 Å². The van der Waals surface area contributed by atoms with Crippen LogP contribution in [0.4, 0.5) is 14.5 Å². The molecule has 7 nitrogen and oxygen atoms in total. The lowest BCUT2D eigenvalue weighted by Crippen LogP contribution is -2.52. The van der Waals surface area contributed by atoms with Gasteiger partial charge in [0.2, 0.25) is 0 Å². The number of anilines is 1. The molecule has 3 atom stereocenters. The van der Waals surface area contributed by atoms with Gasteiger partial charge in [-0.05, 0) is 70.4 Å². The molecule has 0 unspecified atom stereocenters. The summed E-state index contributed by atoms with van der Waals surface area (Å²) in [6, 6.07) is 8.96. The van der Waals surface area contributed by atoms with Gasteiger partial charge in [-0.15, -0.1) is 0 Å². The highest BCUT2D eigenvalue weighted by Gasteiger charge is 2.36. The van der Waals surface area contributed by atoms with E-state index in [-0.39, 0.29) is 11.7 Å². The van der Waals surface area contributed by atoms with Gasteiger partial charge in [0.1, 0.15) is 0 Å². The molecule has 2 aliphatic rings. The molecule has 1 aromatic carbocycles. The standard InChI is InChI=1S/C28H35F2N5O2/c1-17-15-34(16-27(3,4)37-17)22-9-11-24-21(12-22)14-32-35(24)25(18(2)33-26(36)28(5,29)30)20-8-10-23(31-13-20)19-6-7-19/h8-14,17-19,25H,6-7,15-16H2,1-5H3,(H,33,36)/t17-,18-,25-/m0/s1. The minimum atomic E-state index is -3.48. The second kappa shape index (κ2) is 9.35. The van der Waals surface area contributed by atoms with Crippen molar-refractivity contribution in [2.24, 2.45) is 0 Å². The Morgan fingerprint density at radius 1 is 1.22 bits per heavy atom. The molecule has 1 aliphatic heterocycles. The zero-order valence-electron chi connectivity index (χ0n) is 22.0. The fraction of sp³-hybridized carbons (Fsp3) is 0.536. The number of alkyl halides is 2. The average molecular weight is 512 g/mol. The summed E-state index contributed by atoms with van der Waals surface area (Å²) in [6.45, 7) is 10.2. The maximum absolute atomic E-state index is 13.7. The van der Waals surface area contributed by atoms with Crippen molar-refractivity contribution < 1.29 is 18.3 Å². The number of halogens is 2. The Bertz CT molecular complexity index is 1280. The Balaban J connectivity index is 1.49. The Morgan fingerprint density at radius 3 is 2.59 bits per heavy atom. The van der Waals surface area contributed by atoms with Crippen LogP contribution in [0.3, 0.4) is 0 Å². The minimum absolute atomic E-state index is 0.110. The van der Waals surface area contributed by atoms with E-state index in [9.17, 15) is 13.6 Å². The normalized spacial score (nSPS) is 21.6. The Kier molecular flexibility index (Phi) is 6.46. The maximum atomic E-state index is 13.7. The zero-order valence-corrected chi connectivity index (χ0v) is 22.0. The number of ether oxygens (including phenoxy) is 1. The SMILES string of the molecule is C[C@H](NC(=O)C(C)(F)F)[C@@H](c1ccc(C2CC2)nc1)n1ncc2cc(N3C[C@H](C)OC(C)(C)C3)ccc21. The Labute approximate surface area is 216 Å². The maximum Gasteiger partial charge on any atom is 0.321 e. The number of fused-ring (bicyclic) bond motifs is 1. The fourth-order valence-corrected chi connectivity index (χ4v) is 5.38. The summed E-state index contributed by atoms with van der Waals surface area (Å²) < 4.78 is 35.3. The summed E-state index contributed by atoms with van der Waals surface area (Å²) in [4.78, 5) is 19.1. The molecule has 2 fully saturated rings. The number of amides is 1. The molecular formula is C28H35F2N5O2. The Hall–Kier alpha value is -3.07. The molecule has 3 heterocycles. The van der Waals surface area contributed by atoms with E-state index in [2.05, 4.69) is 53.2 Å². The number of carbonyl (C=O) groups excluding carboxylic acids is 1. The largest absolute Gasteiger partial charge is 0.369 e. The molecular weight excluding hydrogens is 476 g/mol. The summed E-state index contributed by atoms with van der Waals surface area (Å²) in [5.41, 5.74) is 3.52. The van der Waals surface area contributed by atoms with Crippen molar-refractivity contribution in [2.75, 3.05) is 18.0 Å². The quantitative estimate of drug-likeness (QED) is 0.480. The number of aromatic nitrogens is 3. The molecule has 1 saturated heterocycles. The van der Waals surface area contributed by atoms with Crippen LogP contribution in [0.2, 0.25) is 0 Å². The van der Waals surface area contributed by atoms with Gasteiger partial charge in [0.25, 0.3) is 5.91 Å². The van der Waals surface area contributed by atoms with Gasteiger partial charge in [-0.25, -0.2) is 0 Å². The molecule has 1 saturated carbocycles. The molecule has 2 aromatic heterocycles. The van der Waals surface area contributed by atoms with Crippen LogP contribution in [0.25, 0.3) is 10.9 Å². The zero-order chi connectivity index (χ0) is 26.5. The van der Waals surface area contributed by atoms with Gasteiger partial charge in [0.05, 0.1) is 35.5 Å². The lowest BCUT2D eigenvalue weighted by Gasteiger charge is -2.43. The van der Waals surface area contributed by atoms with E-state index in [0.717, 1.165) is 53.8 Å². The van der Waals surface area contributed by atoms with E-state index < -0.39 is 23.9 Å². The van der Waals surface area contributed by atoms with Crippen LogP contribution in [0, 0.1) is 0 Å². The second-order valence-electron chi connectivity index (χ2n) is 11.3. The van der Waals surface area contributed by atoms with Crippen LogP contribution in [-0.4, -0.2) is 57.4 Å². The van der Waals surface area contributed by atoms with Gasteiger partial charge in [0.15, 0.2) is 0 Å². The van der Waals surface area contributed by atoms with Crippen molar-refractivity contribution in [1.29, 1.82) is 0 Å². The summed E-state index contributed by atoms with van der Waals surface area (Å²) in [5, 5.41) is 8.10. The van der Waals surface area contributed by atoms with Crippen molar-refractivity contribution in [3.05, 3.63) is 54.0 Å². The fourth-order valence-electron chi connectivity index (χ4n) is 5.38. The number of hydrogen-bond acceptors (Lipinski definition) is 5. The topological polar surface area (TPSA) is 72.3 Å². The number of nitrogens with one attached hydrogen (secondary N) is 1. The highest BCUT2D eigenvalue weighted by Crippen LogP contribution is 2.39. The predicted molar refractivity (Wildman–Crippen MR) is 139 cm³/mol. The van der Waals surface area contributed by atoms with Crippen molar-refractivity contribution in [1.82, 2.24) is 20.1 Å². The van der Waals surface area contributed by atoms with Gasteiger partial charge < -0.3 is 15.0 Å². The minimum Gasteiger partial charge on any atom is -0.369 e. The predicted octanol–water partition coefficient (Wildman–Crippen LogP) is 5.06. The summed E-state index contributed by atoms with van der Waals surface area (Å²) in [6.07, 6.45) is 5.96. The van der Waals surface area contributed by atoms with Crippen LogP contribution < -0.4 is 10.2 Å². The molecule has 0 bridgehead atoms. The summed E-state index contributed by atoms with van der Waals surface area (Å²) >= 11 is 0. The Morgan fingerprint density at radius 2 is 1.97 bits per heavy atom. The highest BCUT2D eigenvalue weighted by atomic mass is 19.3. The van der Waals surface area contributed by atoms with Crippen molar-refractivity contribution in [2.45, 2.75) is 83.1 Å². The number of benzene rings is 1. The second-order valence-corrected chi connectivity index (χ2v) is 11.3. The lowest BCUT2D eigenvalue weighted by atomic mass is 10.0. The smallest absolute Gasteiger partial charge is 0.321 e. The number of carbonyl (C=O) groups is 1. The van der Waals surface area contributed by atoms with Gasteiger partial charge in [0, 0.05) is 48.9 Å². The first-order chi connectivity index (χ1) is 17.4. The van der Waals surface area contributed by atoms with Crippen molar-refractivity contribution >= 4 is 22.5 Å². The van der Waals surface area contributed by atoms with E-state index in [0.29, 0.717) is 12.8 Å². The van der Waals surface area contributed by atoms with Gasteiger partial charge in [-0.2, -0.15) is 13.9 Å². The molecule has 1 amide bonds. The monoisotopic (exact) mass is 511 g/mol. The molecule has 9 heteroatoms. The third kappa shape index (κ3) is 5.46. The third-order valence-electron chi connectivity index (χ3n) is 7.15. The number of morpholine rings is 1. The van der Waals surface area contributed by atoms with Crippen molar-refractivity contribution in [3.8, 4) is 0 Å². The number of pyridine rings is 1. The first-order valence-corrected chi connectivity index (χ1v) is 13.0. The average Bonchev–Trinajstić information content (AvgIpc) is 3.58. The van der Waals surface area contributed by atoms with Crippen LogP contribution in [-0.2, 0) is 9.53 Å². The summed E-state index contributed by atoms with van der Waals surface area (Å²) in [7, 11) is 0. The van der Waals surface area contributed by atoms with Crippen LogP contribution in [0.5, 0.6) is 0 Å². The molecule has 1 N–H and O–H groups in total. The van der Waals surface area contributed by atoms with Gasteiger partial charge in [-0.3, -0.25) is 14.5 Å². The van der Waals surface area contributed by atoms with E-state index in [1.54, 1.807) is 24.0 Å². The van der Waals surface area contributed by atoms with E-state index >= 15 is 0 Å². The molecule has 5 rings (SSSR count). The van der Waals surface area contributed by atoms with Crippen LogP contribution in [0.15, 0.2) is 42.7 Å². The van der Waals surface area contributed by atoms with Gasteiger partial charge in [-0.1, -0.05) is 6.07 Å². The first-order valence-electron chi connectivity index (χ1n) is 13.0. The molecule has 198 valence electrons. The number of hydrogen-bond donors (Lipinski definition) is 1. The molecule has 0 radical (unpaired) electrons. The van der Waals surface area contributed by atoms with E-state index in [1.807, 2.05) is 18.2 Å². The van der Waals surface area contributed by atoms with Gasteiger partial charge >= 0.3 is 5.92 Å². The van der Waals surface area contributed by atoms with E-state index in [1.165, 1.54) is 0 Å². The number of nitrogens with zero attached hydrogens (tertiary/aromatic N) is 4. The number of rotatable bonds is 7. The molecule has 0 spiro atoms. The summed E-state index contributed by atoms with van der Waals surface area (Å²) in [5.74, 6) is -4.28. The van der Waals surface area contributed by atoms with Crippen LogP contribution in [0.1, 0.15) is 70.7 Å². The first kappa shape index (κ1) is 25.6. The van der Waals surface area contributed by atoms with E-state index in [4.69, 9.17) is 4.74 Å². The highest BCUT2D eigenvalue weighted by molar-refractivity contribution is 5.84. The molecule has 3 aromatic rings. The molecule has 1 aliphatic carbocycles. The lowest BCUT2D eigenvalue weighted by molar-refractivity contribution is -0.143. The third-order valence-corrected chi connectivity index (χ3v) is 7.15.